The highest BCUT2D eigenvalue weighted by atomic mass is 19.3. The lowest BCUT2D eigenvalue weighted by Gasteiger charge is -2.31. The van der Waals surface area contributed by atoms with Crippen molar-refractivity contribution in [2.24, 2.45) is 5.92 Å². The second-order valence-electron chi connectivity index (χ2n) is 4.93. The van der Waals surface area contributed by atoms with Crippen LogP contribution in [0.1, 0.15) is 31.4 Å². The molecule has 1 fully saturated rings. The van der Waals surface area contributed by atoms with Crippen molar-refractivity contribution >= 4 is 0 Å². The van der Waals surface area contributed by atoms with E-state index in [2.05, 4.69) is 17.0 Å². The Labute approximate surface area is 118 Å². The van der Waals surface area contributed by atoms with Crippen molar-refractivity contribution in [3.05, 3.63) is 29.8 Å². The molecular weight excluding hydrogens is 264 g/mol. The van der Waals surface area contributed by atoms with Crippen LogP contribution in [0.5, 0.6) is 5.75 Å². The van der Waals surface area contributed by atoms with Gasteiger partial charge in [-0.1, -0.05) is 19.1 Å². The van der Waals surface area contributed by atoms with E-state index in [1.54, 1.807) is 12.1 Å². The first-order chi connectivity index (χ1) is 9.70. The molecule has 112 valence electrons. The second-order valence-corrected chi connectivity index (χ2v) is 4.93. The number of ether oxygens (including phenoxy) is 2. The van der Waals surface area contributed by atoms with Crippen LogP contribution >= 0.6 is 0 Å². The minimum Gasteiger partial charge on any atom is -0.435 e. The van der Waals surface area contributed by atoms with Gasteiger partial charge in [0.05, 0.1) is 0 Å². The molecule has 1 heterocycles. The van der Waals surface area contributed by atoms with E-state index in [1.807, 2.05) is 12.1 Å². The Morgan fingerprint density at radius 1 is 1.25 bits per heavy atom. The molecule has 1 aliphatic heterocycles. The molecule has 1 aromatic carbocycles. The van der Waals surface area contributed by atoms with Crippen molar-refractivity contribution in [3.63, 3.8) is 0 Å². The largest absolute Gasteiger partial charge is 0.435 e. The highest BCUT2D eigenvalue weighted by Gasteiger charge is 2.24. The number of nitrogens with one attached hydrogen (secondary N) is 1. The molecule has 0 radical (unpaired) electrons. The van der Waals surface area contributed by atoms with Crippen LogP contribution in [0.15, 0.2) is 24.3 Å². The van der Waals surface area contributed by atoms with Crippen LogP contribution in [0.3, 0.4) is 0 Å². The summed E-state index contributed by atoms with van der Waals surface area (Å²) in [7, 11) is 0. The van der Waals surface area contributed by atoms with Crippen LogP contribution in [0.2, 0.25) is 0 Å². The number of hydrogen-bond acceptors (Lipinski definition) is 3. The number of rotatable bonds is 6. The number of alkyl halides is 2. The minimum absolute atomic E-state index is 0.200. The zero-order valence-electron chi connectivity index (χ0n) is 11.6. The van der Waals surface area contributed by atoms with E-state index in [0.29, 0.717) is 5.92 Å². The lowest BCUT2D eigenvalue weighted by atomic mass is 9.87. The first-order valence-corrected chi connectivity index (χ1v) is 7.06. The molecule has 2 rings (SSSR count). The summed E-state index contributed by atoms with van der Waals surface area (Å²) in [6, 6.07) is 7.17. The zero-order chi connectivity index (χ0) is 14.4. The standard InChI is InChI=1S/C15H21F2NO2/c1-2-18-14(12-7-9-19-10-8-12)11-3-5-13(6-4-11)20-15(16)17/h3-6,12,14-15,18H,2,7-10H2,1H3. The third kappa shape index (κ3) is 4.15. The number of hydrogen-bond donors (Lipinski definition) is 1. The van der Waals surface area contributed by atoms with Gasteiger partial charge in [0.1, 0.15) is 5.75 Å². The van der Waals surface area contributed by atoms with Gasteiger partial charge in [-0.05, 0) is 43.0 Å². The second kappa shape index (κ2) is 7.55. The fraction of sp³-hybridized carbons (Fsp3) is 0.600. The van der Waals surface area contributed by atoms with E-state index in [0.717, 1.165) is 38.2 Å². The van der Waals surface area contributed by atoms with Gasteiger partial charge in [0, 0.05) is 19.3 Å². The average molecular weight is 285 g/mol. The average Bonchev–Trinajstić information content (AvgIpc) is 2.46. The molecule has 0 aliphatic carbocycles. The van der Waals surface area contributed by atoms with Gasteiger partial charge in [-0.2, -0.15) is 8.78 Å². The smallest absolute Gasteiger partial charge is 0.387 e. The van der Waals surface area contributed by atoms with E-state index in [1.165, 1.54) is 0 Å². The van der Waals surface area contributed by atoms with E-state index >= 15 is 0 Å². The molecule has 0 saturated carbocycles. The Kier molecular flexibility index (Phi) is 5.73. The summed E-state index contributed by atoms with van der Waals surface area (Å²) in [5, 5.41) is 3.48. The summed E-state index contributed by atoms with van der Waals surface area (Å²) < 4.78 is 34.1. The summed E-state index contributed by atoms with van der Waals surface area (Å²) in [5.41, 5.74) is 1.11. The Morgan fingerprint density at radius 3 is 2.45 bits per heavy atom. The van der Waals surface area contributed by atoms with Crippen molar-refractivity contribution in [1.29, 1.82) is 0 Å². The Morgan fingerprint density at radius 2 is 1.90 bits per heavy atom. The first-order valence-electron chi connectivity index (χ1n) is 7.06. The molecule has 0 bridgehead atoms. The van der Waals surface area contributed by atoms with E-state index in [-0.39, 0.29) is 11.8 Å². The van der Waals surface area contributed by atoms with Gasteiger partial charge in [0.2, 0.25) is 0 Å². The Hall–Kier alpha value is -1.20. The fourth-order valence-corrected chi connectivity index (χ4v) is 2.68. The quantitative estimate of drug-likeness (QED) is 0.869. The van der Waals surface area contributed by atoms with Gasteiger partial charge in [0.25, 0.3) is 0 Å². The number of benzene rings is 1. The van der Waals surface area contributed by atoms with Crippen molar-refractivity contribution < 1.29 is 18.3 Å². The molecule has 20 heavy (non-hydrogen) atoms. The normalized spacial score (nSPS) is 18.2. The highest BCUT2D eigenvalue weighted by Crippen LogP contribution is 2.31. The van der Waals surface area contributed by atoms with Gasteiger partial charge in [0.15, 0.2) is 0 Å². The summed E-state index contributed by atoms with van der Waals surface area (Å²) in [4.78, 5) is 0. The Bertz CT molecular complexity index is 391. The molecule has 0 amide bonds. The summed E-state index contributed by atoms with van der Waals surface area (Å²) in [5.74, 6) is 0.719. The molecule has 5 heteroatoms. The lowest BCUT2D eigenvalue weighted by Crippen LogP contribution is -2.32. The van der Waals surface area contributed by atoms with Crippen molar-refractivity contribution in [1.82, 2.24) is 5.32 Å². The third-order valence-corrected chi connectivity index (χ3v) is 3.63. The van der Waals surface area contributed by atoms with Gasteiger partial charge in [-0.15, -0.1) is 0 Å². The zero-order valence-corrected chi connectivity index (χ0v) is 11.6. The van der Waals surface area contributed by atoms with Crippen LogP contribution in [0.4, 0.5) is 8.78 Å². The van der Waals surface area contributed by atoms with E-state index in [9.17, 15) is 8.78 Å². The molecule has 0 spiro atoms. The third-order valence-electron chi connectivity index (χ3n) is 3.63. The maximum absolute atomic E-state index is 12.1. The molecule has 1 atom stereocenters. The fourth-order valence-electron chi connectivity index (χ4n) is 2.68. The van der Waals surface area contributed by atoms with Crippen molar-refractivity contribution in [2.75, 3.05) is 19.8 Å². The summed E-state index contributed by atoms with van der Waals surface area (Å²) >= 11 is 0. The van der Waals surface area contributed by atoms with E-state index < -0.39 is 6.61 Å². The van der Waals surface area contributed by atoms with Crippen LogP contribution in [0, 0.1) is 5.92 Å². The van der Waals surface area contributed by atoms with Gasteiger partial charge in [-0.25, -0.2) is 0 Å². The van der Waals surface area contributed by atoms with Crippen molar-refractivity contribution in [2.45, 2.75) is 32.4 Å². The topological polar surface area (TPSA) is 30.5 Å². The van der Waals surface area contributed by atoms with Crippen molar-refractivity contribution in [3.8, 4) is 5.75 Å². The van der Waals surface area contributed by atoms with Crippen LogP contribution < -0.4 is 10.1 Å². The maximum Gasteiger partial charge on any atom is 0.387 e. The lowest BCUT2D eigenvalue weighted by molar-refractivity contribution is -0.0498. The summed E-state index contributed by atoms with van der Waals surface area (Å²) in [6.07, 6.45) is 2.04. The molecule has 1 N–H and O–H groups in total. The molecule has 3 nitrogen and oxygen atoms in total. The summed E-state index contributed by atoms with van der Waals surface area (Å²) in [6.45, 7) is 1.75. The maximum atomic E-state index is 12.1. The van der Waals surface area contributed by atoms with Gasteiger partial charge >= 0.3 is 6.61 Å². The number of halogens is 2. The molecule has 1 saturated heterocycles. The first kappa shape index (κ1) is 15.2. The molecule has 1 unspecified atom stereocenters. The molecule has 1 aromatic rings. The monoisotopic (exact) mass is 285 g/mol. The van der Waals surface area contributed by atoms with Crippen LogP contribution in [-0.4, -0.2) is 26.4 Å². The predicted molar refractivity (Wildman–Crippen MR) is 73.0 cm³/mol. The Balaban J connectivity index is 2.07. The molecule has 0 aromatic heterocycles. The predicted octanol–water partition coefficient (Wildman–Crippen LogP) is 3.37. The highest BCUT2D eigenvalue weighted by molar-refractivity contribution is 5.29. The van der Waals surface area contributed by atoms with Gasteiger partial charge < -0.3 is 14.8 Å². The van der Waals surface area contributed by atoms with Crippen LogP contribution in [0.25, 0.3) is 0 Å². The molecular formula is C15H21F2NO2. The SMILES string of the molecule is CCNC(c1ccc(OC(F)F)cc1)C1CCOCC1. The minimum atomic E-state index is -2.78. The van der Waals surface area contributed by atoms with Gasteiger partial charge in [-0.3, -0.25) is 0 Å². The molecule has 1 aliphatic rings. The van der Waals surface area contributed by atoms with Crippen LogP contribution in [-0.2, 0) is 4.74 Å². The van der Waals surface area contributed by atoms with E-state index in [4.69, 9.17) is 4.74 Å².